The number of benzene rings is 2. The fraction of sp³-hybridized carbons (Fsp3) is 0.304. The number of carbonyl (C=O) groups is 1. The molecule has 0 spiro atoms. The number of piperazine rings is 1. The van der Waals surface area contributed by atoms with Crippen LogP contribution in [0.4, 0.5) is 11.4 Å². The molecule has 6 nitrogen and oxygen atoms in total. The highest BCUT2D eigenvalue weighted by atomic mass is 16.3. The van der Waals surface area contributed by atoms with Crippen LogP contribution in [0.2, 0.25) is 0 Å². The standard InChI is InChI=1S/C23H26N4O2/c1-18(28)24-20-8-5-9-22(15-20)27-12-10-26(11-13-27)16-23-25-21(17-29-23)14-19-6-3-2-4-7-19/h2-9,15,17H,10-14,16H2,1H3,(H,24,28). The van der Waals surface area contributed by atoms with E-state index in [1.165, 1.54) is 12.5 Å². The number of hydrogen-bond acceptors (Lipinski definition) is 5. The molecule has 150 valence electrons. The minimum absolute atomic E-state index is 0.0513. The number of aromatic nitrogens is 1. The monoisotopic (exact) mass is 390 g/mol. The van der Waals surface area contributed by atoms with Crippen LogP contribution in [0, 0.1) is 0 Å². The summed E-state index contributed by atoms with van der Waals surface area (Å²) in [6.07, 6.45) is 2.56. The summed E-state index contributed by atoms with van der Waals surface area (Å²) < 4.78 is 5.70. The van der Waals surface area contributed by atoms with Gasteiger partial charge in [0.1, 0.15) is 6.26 Å². The number of hydrogen-bond donors (Lipinski definition) is 1. The average Bonchev–Trinajstić information content (AvgIpc) is 3.16. The summed E-state index contributed by atoms with van der Waals surface area (Å²) in [5.41, 5.74) is 4.18. The van der Waals surface area contributed by atoms with E-state index in [-0.39, 0.29) is 5.91 Å². The van der Waals surface area contributed by atoms with Crippen LogP contribution >= 0.6 is 0 Å². The lowest BCUT2D eigenvalue weighted by Gasteiger charge is -2.35. The van der Waals surface area contributed by atoms with Gasteiger partial charge in [0.05, 0.1) is 12.2 Å². The van der Waals surface area contributed by atoms with Crippen molar-refractivity contribution in [3.63, 3.8) is 0 Å². The molecule has 29 heavy (non-hydrogen) atoms. The maximum absolute atomic E-state index is 11.3. The van der Waals surface area contributed by atoms with Crippen molar-refractivity contribution in [1.82, 2.24) is 9.88 Å². The fourth-order valence-electron chi connectivity index (χ4n) is 3.65. The second-order valence-corrected chi connectivity index (χ2v) is 7.39. The van der Waals surface area contributed by atoms with Crippen LogP contribution in [-0.4, -0.2) is 42.0 Å². The molecule has 0 atom stereocenters. The Morgan fingerprint density at radius 3 is 2.62 bits per heavy atom. The molecular weight excluding hydrogens is 364 g/mol. The number of amides is 1. The van der Waals surface area contributed by atoms with Gasteiger partial charge in [-0.2, -0.15) is 0 Å². The molecule has 2 aromatic carbocycles. The third kappa shape index (κ3) is 5.23. The Balaban J connectivity index is 1.30. The average molecular weight is 390 g/mol. The summed E-state index contributed by atoms with van der Waals surface area (Å²) >= 11 is 0. The van der Waals surface area contributed by atoms with Gasteiger partial charge in [-0.3, -0.25) is 9.69 Å². The zero-order valence-electron chi connectivity index (χ0n) is 16.7. The minimum atomic E-state index is -0.0513. The zero-order chi connectivity index (χ0) is 20.1. The van der Waals surface area contributed by atoms with Gasteiger partial charge in [0.15, 0.2) is 0 Å². The van der Waals surface area contributed by atoms with Gasteiger partial charge in [-0.25, -0.2) is 4.98 Å². The van der Waals surface area contributed by atoms with Gasteiger partial charge in [0.2, 0.25) is 11.8 Å². The van der Waals surface area contributed by atoms with Crippen molar-refractivity contribution < 1.29 is 9.21 Å². The molecule has 1 saturated heterocycles. The Morgan fingerprint density at radius 2 is 1.86 bits per heavy atom. The molecule has 6 heteroatoms. The molecular formula is C23H26N4O2. The van der Waals surface area contributed by atoms with Gasteiger partial charge in [0.25, 0.3) is 0 Å². The van der Waals surface area contributed by atoms with Crippen molar-refractivity contribution >= 4 is 17.3 Å². The van der Waals surface area contributed by atoms with Crippen LogP contribution < -0.4 is 10.2 Å². The molecule has 4 rings (SSSR count). The molecule has 1 fully saturated rings. The van der Waals surface area contributed by atoms with E-state index in [0.29, 0.717) is 0 Å². The van der Waals surface area contributed by atoms with Gasteiger partial charge in [-0.15, -0.1) is 0 Å². The molecule has 0 bridgehead atoms. The molecule has 0 unspecified atom stereocenters. The van der Waals surface area contributed by atoms with E-state index in [2.05, 4.69) is 38.3 Å². The second kappa shape index (κ2) is 8.92. The summed E-state index contributed by atoms with van der Waals surface area (Å²) in [6, 6.07) is 18.3. The molecule has 1 aromatic heterocycles. The molecule has 3 aromatic rings. The first-order valence-electron chi connectivity index (χ1n) is 9.98. The maximum Gasteiger partial charge on any atom is 0.221 e. The molecule has 1 aliphatic heterocycles. The van der Waals surface area contributed by atoms with Crippen molar-refractivity contribution in [2.75, 3.05) is 36.4 Å². The van der Waals surface area contributed by atoms with Crippen molar-refractivity contribution in [2.24, 2.45) is 0 Å². The molecule has 1 aliphatic rings. The number of anilines is 2. The quantitative estimate of drug-likeness (QED) is 0.698. The first kappa shape index (κ1) is 19.2. The number of carbonyl (C=O) groups excluding carboxylic acids is 1. The Bertz CT molecular complexity index is 946. The van der Waals surface area contributed by atoms with Crippen molar-refractivity contribution in [2.45, 2.75) is 19.9 Å². The lowest BCUT2D eigenvalue weighted by atomic mass is 10.1. The predicted molar refractivity (Wildman–Crippen MR) is 114 cm³/mol. The Labute approximate surface area is 171 Å². The lowest BCUT2D eigenvalue weighted by Crippen LogP contribution is -2.46. The maximum atomic E-state index is 11.3. The van der Waals surface area contributed by atoms with Crippen LogP contribution in [0.15, 0.2) is 65.3 Å². The summed E-state index contributed by atoms with van der Waals surface area (Å²) in [4.78, 5) is 20.6. The molecule has 0 radical (unpaired) electrons. The van der Waals surface area contributed by atoms with Crippen molar-refractivity contribution in [1.29, 1.82) is 0 Å². The summed E-state index contributed by atoms with van der Waals surface area (Å²) in [6.45, 7) is 6.01. The van der Waals surface area contributed by atoms with Gasteiger partial charge >= 0.3 is 0 Å². The highest BCUT2D eigenvalue weighted by Crippen LogP contribution is 2.21. The van der Waals surface area contributed by atoms with Crippen molar-refractivity contribution in [3.8, 4) is 0 Å². The third-order valence-electron chi connectivity index (χ3n) is 5.09. The van der Waals surface area contributed by atoms with Crippen LogP contribution in [-0.2, 0) is 17.8 Å². The van der Waals surface area contributed by atoms with Crippen LogP contribution in [0.3, 0.4) is 0 Å². The predicted octanol–water partition coefficient (Wildman–Crippen LogP) is 3.55. The Hall–Kier alpha value is -3.12. The van der Waals surface area contributed by atoms with E-state index in [4.69, 9.17) is 4.42 Å². The molecule has 1 amide bonds. The summed E-state index contributed by atoms with van der Waals surface area (Å²) in [7, 11) is 0. The highest BCUT2D eigenvalue weighted by Gasteiger charge is 2.19. The minimum Gasteiger partial charge on any atom is -0.447 e. The van der Waals surface area contributed by atoms with Crippen LogP contribution in [0.5, 0.6) is 0 Å². The molecule has 1 N–H and O–H groups in total. The molecule has 0 saturated carbocycles. The normalized spacial score (nSPS) is 14.7. The van der Waals surface area contributed by atoms with E-state index in [0.717, 1.165) is 62.1 Å². The fourth-order valence-corrected chi connectivity index (χ4v) is 3.65. The second-order valence-electron chi connectivity index (χ2n) is 7.39. The topological polar surface area (TPSA) is 61.6 Å². The van der Waals surface area contributed by atoms with E-state index in [9.17, 15) is 4.79 Å². The van der Waals surface area contributed by atoms with E-state index in [1.807, 2.05) is 36.4 Å². The Morgan fingerprint density at radius 1 is 1.07 bits per heavy atom. The van der Waals surface area contributed by atoms with E-state index >= 15 is 0 Å². The smallest absolute Gasteiger partial charge is 0.221 e. The highest BCUT2D eigenvalue weighted by molar-refractivity contribution is 5.89. The number of nitrogens with one attached hydrogen (secondary N) is 1. The lowest BCUT2D eigenvalue weighted by molar-refractivity contribution is -0.114. The molecule has 0 aliphatic carbocycles. The first-order chi connectivity index (χ1) is 14.2. The third-order valence-corrected chi connectivity index (χ3v) is 5.09. The van der Waals surface area contributed by atoms with Gasteiger partial charge in [-0.05, 0) is 23.8 Å². The van der Waals surface area contributed by atoms with Gasteiger partial charge in [-0.1, -0.05) is 36.4 Å². The number of nitrogens with zero attached hydrogens (tertiary/aromatic N) is 3. The Kier molecular flexibility index (Phi) is 5.91. The largest absolute Gasteiger partial charge is 0.447 e. The molecule has 2 heterocycles. The first-order valence-corrected chi connectivity index (χ1v) is 9.98. The van der Waals surface area contributed by atoms with E-state index < -0.39 is 0 Å². The summed E-state index contributed by atoms with van der Waals surface area (Å²) in [5.74, 6) is 0.724. The van der Waals surface area contributed by atoms with E-state index in [1.54, 1.807) is 6.26 Å². The van der Waals surface area contributed by atoms with Gasteiger partial charge < -0.3 is 14.6 Å². The summed E-state index contributed by atoms with van der Waals surface area (Å²) in [5, 5.41) is 2.85. The number of oxazole rings is 1. The van der Waals surface area contributed by atoms with Crippen molar-refractivity contribution in [3.05, 3.63) is 78.0 Å². The SMILES string of the molecule is CC(=O)Nc1cccc(N2CCN(Cc3nc(Cc4ccccc4)co3)CC2)c1. The van der Waals surface area contributed by atoms with Crippen LogP contribution in [0.25, 0.3) is 0 Å². The van der Waals surface area contributed by atoms with Gasteiger partial charge in [0, 0.05) is 50.9 Å². The zero-order valence-corrected chi connectivity index (χ0v) is 16.7. The number of rotatable bonds is 6. The van der Waals surface area contributed by atoms with Crippen LogP contribution in [0.1, 0.15) is 24.1 Å².